The van der Waals surface area contributed by atoms with Gasteiger partial charge in [0.25, 0.3) is 5.91 Å². The molecule has 7 heteroatoms. The molecule has 2 fully saturated rings. The fraction of sp³-hybridized carbons (Fsp3) is 0.684. The van der Waals surface area contributed by atoms with Gasteiger partial charge in [0, 0.05) is 38.0 Å². The van der Waals surface area contributed by atoms with Crippen LogP contribution >= 0.6 is 23.7 Å². The fourth-order valence-electron chi connectivity index (χ4n) is 3.92. The van der Waals surface area contributed by atoms with Crippen LogP contribution in [0.2, 0.25) is 0 Å². The van der Waals surface area contributed by atoms with E-state index in [1.165, 1.54) is 12.8 Å². The predicted molar refractivity (Wildman–Crippen MR) is 108 cm³/mol. The minimum Gasteiger partial charge on any atom is -0.341 e. The normalized spacial score (nSPS) is 20.2. The topological polar surface area (TPSA) is 52.7 Å². The van der Waals surface area contributed by atoms with E-state index in [0.29, 0.717) is 31.3 Å². The molecule has 5 nitrogen and oxygen atoms in total. The molecule has 0 radical (unpaired) electrons. The van der Waals surface area contributed by atoms with Gasteiger partial charge in [0.2, 0.25) is 5.91 Å². The number of rotatable bonds is 4. The van der Waals surface area contributed by atoms with Gasteiger partial charge in [0.1, 0.15) is 0 Å². The van der Waals surface area contributed by atoms with E-state index < -0.39 is 0 Å². The molecule has 1 aromatic rings. The molecule has 0 saturated carbocycles. The summed E-state index contributed by atoms with van der Waals surface area (Å²) in [6.45, 7) is 7.18. The Morgan fingerprint density at radius 3 is 2.58 bits per heavy atom. The summed E-state index contributed by atoms with van der Waals surface area (Å²) in [6, 6.07) is 1.88. The van der Waals surface area contributed by atoms with Crippen LogP contribution in [0.5, 0.6) is 0 Å². The Hall–Kier alpha value is -1.11. The number of thiophene rings is 1. The summed E-state index contributed by atoms with van der Waals surface area (Å²) in [6.07, 6.45) is 3.86. The molecule has 2 saturated heterocycles. The zero-order chi connectivity index (χ0) is 17.6. The molecule has 0 aliphatic carbocycles. The van der Waals surface area contributed by atoms with Crippen LogP contribution in [0.15, 0.2) is 16.8 Å². The van der Waals surface area contributed by atoms with Gasteiger partial charge in [-0.05, 0) is 55.6 Å². The number of nitrogens with zero attached hydrogens (tertiary/aromatic N) is 2. The molecule has 1 atom stereocenters. The molecular formula is C19H30ClN3O2S. The molecule has 2 aliphatic heterocycles. The number of hydrogen-bond acceptors (Lipinski definition) is 4. The zero-order valence-corrected chi connectivity index (χ0v) is 17.1. The van der Waals surface area contributed by atoms with Gasteiger partial charge in [-0.2, -0.15) is 11.3 Å². The van der Waals surface area contributed by atoms with Crippen molar-refractivity contribution < 1.29 is 9.59 Å². The third-order valence-corrected chi connectivity index (χ3v) is 6.27. The van der Waals surface area contributed by atoms with Gasteiger partial charge in [0.05, 0.1) is 5.56 Å². The fourth-order valence-corrected chi connectivity index (χ4v) is 4.55. The highest BCUT2D eigenvalue weighted by Gasteiger charge is 2.26. The first-order chi connectivity index (χ1) is 12.1. The van der Waals surface area contributed by atoms with Crippen LogP contribution in [0.25, 0.3) is 0 Å². The van der Waals surface area contributed by atoms with E-state index in [9.17, 15) is 9.59 Å². The SMILES string of the molecule is CC(CC(=O)N1CCCN(C(=O)c2ccsc2)CC1)C1CCNCC1.Cl. The Balaban J connectivity index is 0.00000243. The number of carbonyl (C=O) groups is 2. The standard InChI is InChI=1S/C19H29N3O2S.ClH/c1-15(16-3-6-20-7-4-16)13-18(23)21-8-2-9-22(11-10-21)19(24)17-5-12-25-14-17;/h5,12,14-16,20H,2-4,6-11,13H2,1H3;1H. The van der Waals surface area contributed by atoms with Gasteiger partial charge in [0.15, 0.2) is 0 Å². The summed E-state index contributed by atoms with van der Waals surface area (Å²) >= 11 is 1.55. The Labute approximate surface area is 166 Å². The Bertz CT molecular complexity index is 575. The number of carbonyl (C=O) groups excluding carboxylic acids is 2. The van der Waals surface area contributed by atoms with Crippen molar-refractivity contribution in [3.63, 3.8) is 0 Å². The van der Waals surface area contributed by atoms with Gasteiger partial charge in [-0.15, -0.1) is 12.4 Å². The number of nitrogens with one attached hydrogen (secondary N) is 1. The molecule has 0 spiro atoms. The van der Waals surface area contributed by atoms with Crippen molar-refractivity contribution in [3.8, 4) is 0 Å². The van der Waals surface area contributed by atoms with Gasteiger partial charge >= 0.3 is 0 Å². The van der Waals surface area contributed by atoms with Crippen LogP contribution < -0.4 is 5.32 Å². The summed E-state index contributed by atoms with van der Waals surface area (Å²) in [4.78, 5) is 29.1. The van der Waals surface area contributed by atoms with E-state index in [1.807, 2.05) is 26.6 Å². The zero-order valence-electron chi connectivity index (χ0n) is 15.5. The van der Waals surface area contributed by atoms with Crippen molar-refractivity contribution in [2.45, 2.75) is 32.6 Å². The Morgan fingerprint density at radius 1 is 1.19 bits per heavy atom. The van der Waals surface area contributed by atoms with E-state index in [2.05, 4.69) is 12.2 Å². The van der Waals surface area contributed by atoms with Crippen molar-refractivity contribution in [1.82, 2.24) is 15.1 Å². The molecule has 3 rings (SSSR count). The maximum absolute atomic E-state index is 12.7. The third-order valence-electron chi connectivity index (χ3n) is 5.59. The molecule has 1 aromatic heterocycles. The first-order valence-electron chi connectivity index (χ1n) is 9.45. The molecule has 0 bridgehead atoms. The quantitative estimate of drug-likeness (QED) is 0.846. The van der Waals surface area contributed by atoms with Crippen molar-refractivity contribution >= 4 is 35.6 Å². The maximum atomic E-state index is 12.7. The second-order valence-corrected chi connectivity index (χ2v) is 8.09. The lowest BCUT2D eigenvalue weighted by molar-refractivity contribution is -0.132. The Kier molecular flexibility index (Phi) is 8.38. The van der Waals surface area contributed by atoms with Crippen LogP contribution in [-0.2, 0) is 4.79 Å². The number of hydrogen-bond donors (Lipinski definition) is 1. The molecule has 1 unspecified atom stereocenters. The van der Waals surface area contributed by atoms with Crippen LogP contribution in [0, 0.1) is 11.8 Å². The molecular weight excluding hydrogens is 370 g/mol. The first-order valence-corrected chi connectivity index (χ1v) is 10.4. The lowest BCUT2D eigenvalue weighted by Crippen LogP contribution is -2.38. The molecule has 146 valence electrons. The lowest BCUT2D eigenvalue weighted by atomic mass is 9.84. The van der Waals surface area contributed by atoms with E-state index in [1.54, 1.807) is 11.3 Å². The van der Waals surface area contributed by atoms with E-state index >= 15 is 0 Å². The summed E-state index contributed by atoms with van der Waals surface area (Å²) in [5.74, 6) is 1.46. The van der Waals surface area contributed by atoms with Crippen molar-refractivity contribution in [2.75, 3.05) is 39.3 Å². The van der Waals surface area contributed by atoms with Crippen LogP contribution in [0.4, 0.5) is 0 Å². The smallest absolute Gasteiger partial charge is 0.254 e. The molecule has 0 aromatic carbocycles. The molecule has 2 aliphatic rings. The van der Waals surface area contributed by atoms with Crippen LogP contribution in [0.3, 0.4) is 0 Å². The second-order valence-electron chi connectivity index (χ2n) is 7.31. The first kappa shape index (κ1) is 21.2. The maximum Gasteiger partial charge on any atom is 0.254 e. The molecule has 2 amide bonds. The van der Waals surface area contributed by atoms with Gasteiger partial charge in [-0.1, -0.05) is 6.92 Å². The molecule has 1 N–H and O–H groups in total. The predicted octanol–water partition coefficient (Wildman–Crippen LogP) is 2.87. The summed E-state index contributed by atoms with van der Waals surface area (Å²) < 4.78 is 0. The van der Waals surface area contributed by atoms with Crippen molar-refractivity contribution in [1.29, 1.82) is 0 Å². The summed E-state index contributed by atoms with van der Waals surface area (Å²) in [5.41, 5.74) is 0.768. The average Bonchev–Trinajstić information content (AvgIpc) is 3.06. The summed E-state index contributed by atoms with van der Waals surface area (Å²) in [5, 5.41) is 7.22. The second kappa shape index (κ2) is 10.3. The molecule has 26 heavy (non-hydrogen) atoms. The highest BCUT2D eigenvalue weighted by molar-refractivity contribution is 7.08. The van der Waals surface area contributed by atoms with E-state index in [0.717, 1.165) is 38.2 Å². The van der Waals surface area contributed by atoms with Crippen molar-refractivity contribution in [3.05, 3.63) is 22.4 Å². The molecule has 3 heterocycles. The van der Waals surface area contributed by atoms with Crippen LogP contribution in [0.1, 0.15) is 43.0 Å². The summed E-state index contributed by atoms with van der Waals surface area (Å²) in [7, 11) is 0. The van der Waals surface area contributed by atoms with Gasteiger partial charge in [-0.25, -0.2) is 0 Å². The minimum absolute atomic E-state index is 0. The van der Waals surface area contributed by atoms with Crippen molar-refractivity contribution in [2.24, 2.45) is 11.8 Å². The number of halogens is 1. The van der Waals surface area contributed by atoms with Gasteiger partial charge < -0.3 is 15.1 Å². The average molecular weight is 400 g/mol. The number of amides is 2. The van der Waals surface area contributed by atoms with Gasteiger partial charge in [-0.3, -0.25) is 9.59 Å². The monoisotopic (exact) mass is 399 g/mol. The minimum atomic E-state index is 0. The Morgan fingerprint density at radius 2 is 1.88 bits per heavy atom. The highest BCUT2D eigenvalue weighted by Crippen LogP contribution is 2.25. The number of piperidine rings is 1. The van der Waals surface area contributed by atoms with Crippen LogP contribution in [-0.4, -0.2) is 60.9 Å². The van der Waals surface area contributed by atoms with E-state index in [4.69, 9.17) is 0 Å². The lowest BCUT2D eigenvalue weighted by Gasteiger charge is -2.30. The third kappa shape index (κ3) is 5.44. The van der Waals surface area contributed by atoms with E-state index in [-0.39, 0.29) is 24.2 Å². The highest BCUT2D eigenvalue weighted by atomic mass is 35.5. The largest absolute Gasteiger partial charge is 0.341 e.